The summed E-state index contributed by atoms with van der Waals surface area (Å²) in [6.07, 6.45) is 3.99. The van der Waals surface area contributed by atoms with Gasteiger partial charge in [-0.05, 0) is 92.2 Å². The van der Waals surface area contributed by atoms with Crippen molar-refractivity contribution in [1.29, 1.82) is 0 Å². The monoisotopic (exact) mass is 582 g/mol. The fourth-order valence-corrected chi connectivity index (χ4v) is 7.38. The summed E-state index contributed by atoms with van der Waals surface area (Å²) >= 11 is 0. The molecule has 0 radical (unpaired) electrons. The Kier molecular flexibility index (Phi) is 6.73. The molecule has 7 rings (SSSR count). The van der Waals surface area contributed by atoms with Crippen LogP contribution in [0.2, 0.25) is 0 Å². The number of para-hydroxylation sites is 1. The zero-order chi connectivity index (χ0) is 29.8. The highest BCUT2D eigenvalue weighted by atomic mass is 19.1. The Labute approximate surface area is 250 Å². The molecule has 2 saturated heterocycles. The van der Waals surface area contributed by atoms with E-state index in [9.17, 15) is 23.9 Å². The number of piperidine rings is 1. The predicted octanol–water partition coefficient (Wildman–Crippen LogP) is 4.63. The van der Waals surface area contributed by atoms with E-state index >= 15 is 0 Å². The maximum atomic E-state index is 14.1. The summed E-state index contributed by atoms with van der Waals surface area (Å²) in [4.78, 5) is 47.1. The normalized spacial score (nSPS) is 20.3. The smallest absolute Gasteiger partial charge is 0.335 e. The quantitative estimate of drug-likeness (QED) is 0.417. The number of fused-ring (bicyclic) bond motifs is 2. The van der Waals surface area contributed by atoms with E-state index in [0.717, 1.165) is 55.8 Å². The largest absolute Gasteiger partial charge is 0.478 e. The Hall–Kier alpha value is -4.24. The fourth-order valence-electron chi connectivity index (χ4n) is 7.38. The van der Waals surface area contributed by atoms with E-state index in [1.54, 1.807) is 35.2 Å². The second kappa shape index (κ2) is 10.5. The average molecular weight is 583 g/mol. The maximum Gasteiger partial charge on any atom is 0.335 e. The minimum atomic E-state index is -1.00. The molecule has 43 heavy (non-hydrogen) atoms. The lowest BCUT2D eigenvalue weighted by Crippen LogP contribution is -2.56. The second-order valence-electron chi connectivity index (χ2n) is 12.3. The van der Waals surface area contributed by atoms with E-state index in [0.29, 0.717) is 32.6 Å². The van der Waals surface area contributed by atoms with E-state index in [4.69, 9.17) is 0 Å². The molecule has 8 nitrogen and oxygen atoms in total. The molecule has 0 bridgehead atoms. The first kappa shape index (κ1) is 27.6. The van der Waals surface area contributed by atoms with Gasteiger partial charge in [0.2, 0.25) is 11.8 Å². The third-order valence-electron chi connectivity index (χ3n) is 9.85. The zero-order valence-corrected chi connectivity index (χ0v) is 24.0. The molecule has 9 heteroatoms. The van der Waals surface area contributed by atoms with Crippen molar-refractivity contribution in [3.05, 3.63) is 95.3 Å². The molecule has 3 fully saturated rings. The zero-order valence-electron chi connectivity index (χ0n) is 24.0. The van der Waals surface area contributed by atoms with Gasteiger partial charge in [-0.3, -0.25) is 9.59 Å². The molecule has 3 heterocycles. The Morgan fingerprint density at radius 1 is 0.860 bits per heavy atom. The fraction of sp³-hybridized carbons (Fsp3) is 0.382. The molecule has 0 aromatic heterocycles. The molecule has 1 aliphatic carbocycles. The predicted molar refractivity (Wildman–Crippen MR) is 160 cm³/mol. The Morgan fingerprint density at radius 3 is 2.33 bits per heavy atom. The Bertz CT molecular complexity index is 1580. The van der Waals surface area contributed by atoms with Gasteiger partial charge in [0.15, 0.2) is 0 Å². The molecule has 3 aliphatic heterocycles. The van der Waals surface area contributed by atoms with Crippen LogP contribution in [0.1, 0.15) is 53.6 Å². The van der Waals surface area contributed by atoms with Crippen LogP contribution < -0.4 is 9.80 Å². The molecular weight excluding hydrogens is 547 g/mol. The first-order chi connectivity index (χ1) is 20.8. The van der Waals surface area contributed by atoms with Crippen LogP contribution in [0.5, 0.6) is 0 Å². The number of halogens is 1. The summed E-state index contributed by atoms with van der Waals surface area (Å²) in [5, 5.41) is 9.42. The maximum absolute atomic E-state index is 14.1. The van der Waals surface area contributed by atoms with E-state index in [1.807, 2.05) is 23.1 Å². The molecule has 3 aromatic rings. The summed E-state index contributed by atoms with van der Waals surface area (Å²) in [5.74, 6) is -1.07. The number of carboxylic acids is 1. The van der Waals surface area contributed by atoms with Crippen LogP contribution in [0.4, 0.5) is 15.8 Å². The van der Waals surface area contributed by atoms with Crippen molar-refractivity contribution in [2.24, 2.45) is 0 Å². The van der Waals surface area contributed by atoms with Crippen LogP contribution in [-0.2, 0) is 21.5 Å². The highest BCUT2D eigenvalue weighted by molar-refractivity contribution is 6.10. The summed E-state index contributed by atoms with van der Waals surface area (Å²) in [6.45, 7) is 3.64. The number of likely N-dealkylation sites (tertiary alicyclic amines) is 1. The van der Waals surface area contributed by atoms with Gasteiger partial charge in [-0.2, -0.15) is 0 Å². The lowest BCUT2D eigenvalue weighted by atomic mass is 9.85. The van der Waals surface area contributed by atoms with E-state index in [1.165, 1.54) is 17.7 Å². The van der Waals surface area contributed by atoms with Gasteiger partial charge in [0.1, 0.15) is 11.4 Å². The van der Waals surface area contributed by atoms with Crippen molar-refractivity contribution in [3.8, 4) is 0 Å². The van der Waals surface area contributed by atoms with Gasteiger partial charge < -0.3 is 24.7 Å². The van der Waals surface area contributed by atoms with Crippen molar-refractivity contribution in [2.75, 3.05) is 42.6 Å². The first-order valence-electron chi connectivity index (χ1n) is 15.1. The number of carbonyl (C=O) groups is 3. The lowest BCUT2D eigenvalue weighted by molar-refractivity contribution is -0.134. The number of carbonyl (C=O) groups excluding carboxylic acids is 2. The van der Waals surface area contributed by atoms with Crippen molar-refractivity contribution < 1.29 is 23.9 Å². The van der Waals surface area contributed by atoms with Crippen molar-refractivity contribution >= 4 is 29.2 Å². The van der Waals surface area contributed by atoms with Crippen LogP contribution in [0.25, 0.3) is 0 Å². The first-order valence-corrected chi connectivity index (χ1v) is 15.1. The molecule has 0 unspecified atom stereocenters. The Balaban J connectivity index is 1.04. The van der Waals surface area contributed by atoms with E-state index in [-0.39, 0.29) is 28.6 Å². The van der Waals surface area contributed by atoms with Gasteiger partial charge in [-0.25, -0.2) is 9.18 Å². The average Bonchev–Trinajstić information content (AvgIpc) is 3.75. The standard InChI is InChI=1S/C34H35FN4O4/c35-26-9-11-27(12-10-26)39-23-37(22-24-5-3-6-25(21-24)30(40)41)32(43)34(39)15-19-36(20-16-34)17-4-18-38-29-8-2-1-7-28(29)33(13-14-33)31(38)42/h1-3,5-12,21H,4,13-20,22-23H2,(H,40,41). The minimum absolute atomic E-state index is 0.0196. The Morgan fingerprint density at radius 2 is 1.60 bits per heavy atom. The van der Waals surface area contributed by atoms with Crippen LogP contribution >= 0.6 is 0 Å². The highest BCUT2D eigenvalue weighted by Gasteiger charge is 2.59. The second-order valence-corrected chi connectivity index (χ2v) is 12.3. The van der Waals surface area contributed by atoms with Gasteiger partial charge in [-0.15, -0.1) is 0 Å². The summed E-state index contributed by atoms with van der Waals surface area (Å²) in [5.41, 5.74) is 2.96. The van der Waals surface area contributed by atoms with E-state index in [2.05, 4.69) is 21.9 Å². The van der Waals surface area contributed by atoms with E-state index < -0.39 is 11.5 Å². The molecule has 1 N–H and O–H groups in total. The molecule has 0 atom stereocenters. The van der Waals surface area contributed by atoms with Crippen LogP contribution in [0.3, 0.4) is 0 Å². The highest BCUT2D eigenvalue weighted by Crippen LogP contribution is 2.57. The number of benzene rings is 3. The van der Waals surface area contributed by atoms with Gasteiger partial charge in [0.25, 0.3) is 0 Å². The van der Waals surface area contributed by atoms with Crippen molar-refractivity contribution in [3.63, 3.8) is 0 Å². The third kappa shape index (κ3) is 4.66. The molecule has 2 spiro atoms. The molecule has 3 aromatic carbocycles. The van der Waals surface area contributed by atoms with Gasteiger partial charge >= 0.3 is 5.97 Å². The van der Waals surface area contributed by atoms with Crippen LogP contribution in [-0.4, -0.2) is 71.1 Å². The number of carboxylic acid groups (broad SMARTS) is 1. The summed E-state index contributed by atoms with van der Waals surface area (Å²) in [6, 6.07) is 21.2. The summed E-state index contributed by atoms with van der Waals surface area (Å²) < 4.78 is 13.8. The van der Waals surface area contributed by atoms with Crippen LogP contribution in [0.15, 0.2) is 72.8 Å². The number of anilines is 2. The van der Waals surface area contributed by atoms with Gasteiger partial charge in [-0.1, -0.05) is 30.3 Å². The molecule has 2 amide bonds. The summed E-state index contributed by atoms with van der Waals surface area (Å²) in [7, 11) is 0. The molecule has 222 valence electrons. The molecular formula is C34H35FN4O4. The van der Waals surface area contributed by atoms with Gasteiger partial charge in [0.05, 0.1) is 17.6 Å². The number of nitrogens with zero attached hydrogens (tertiary/aromatic N) is 4. The van der Waals surface area contributed by atoms with Crippen LogP contribution in [0, 0.1) is 5.82 Å². The number of rotatable bonds is 8. The van der Waals surface area contributed by atoms with Gasteiger partial charge in [0, 0.05) is 37.6 Å². The number of hydrogen-bond acceptors (Lipinski definition) is 5. The minimum Gasteiger partial charge on any atom is -0.478 e. The number of aromatic carboxylic acids is 1. The lowest BCUT2D eigenvalue weighted by Gasteiger charge is -2.43. The topological polar surface area (TPSA) is 84.4 Å². The molecule has 1 saturated carbocycles. The number of hydrogen-bond donors (Lipinski definition) is 1. The SMILES string of the molecule is O=C(O)c1cccc(CN2CN(c3ccc(F)cc3)C3(CCN(CCCN4C(=O)C5(CC5)c5ccccc54)CC3)C2=O)c1. The molecule has 4 aliphatic rings. The van der Waals surface area contributed by atoms with Crippen molar-refractivity contribution in [1.82, 2.24) is 9.80 Å². The third-order valence-corrected chi connectivity index (χ3v) is 9.85. The number of amides is 2. The van der Waals surface area contributed by atoms with Crippen molar-refractivity contribution in [2.45, 2.75) is 49.6 Å².